The topological polar surface area (TPSA) is 127 Å². The Morgan fingerprint density at radius 2 is 1.74 bits per heavy atom. The van der Waals surface area contributed by atoms with Gasteiger partial charge in [0.05, 0.1) is 14.6 Å². The second kappa shape index (κ2) is 12.4. The van der Waals surface area contributed by atoms with E-state index in [1.165, 1.54) is 22.5 Å². The molecule has 1 aliphatic rings. The van der Waals surface area contributed by atoms with Crippen molar-refractivity contribution in [3.8, 4) is 5.75 Å². The summed E-state index contributed by atoms with van der Waals surface area (Å²) >= 11 is 6.71. The van der Waals surface area contributed by atoms with Gasteiger partial charge in [-0.15, -0.1) is 0 Å². The van der Waals surface area contributed by atoms with Crippen LogP contribution >= 0.6 is 31.9 Å². The predicted molar refractivity (Wildman–Crippen MR) is 150 cm³/mol. The summed E-state index contributed by atoms with van der Waals surface area (Å²) in [5.74, 6) is 0.337. The van der Waals surface area contributed by atoms with E-state index >= 15 is 0 Å². The van der Waals surface area contributed by atoms with Crippen molar-refractivity contribution >= 4 is 59.8 Å². The maximum Gasteiger partial charge on any atom is 0.270 e. The zero-order valence-electron chi connectivity index (χ0n) is 20.4. The average Bonchev–Trinajstić information content (AvgIpc) is 2.96. The minimum Gasteiger partial charge on any atom is -0.489 e. The van der Waals surface area contributed by atoms with Gasteiger partial charge in [0.2, 0.25) is 10.0 Å². The Balaban J connectivity index is 1.36. The minimum absolute atomic E-state index is 0.0770. The summed E-state index contributed by atoms with van der Waals surface area (Å²) in [6.45, 7) is 0.764. The molecule has 0 aromatic heterocycles. The molecule has 0 saturated carbocycles. The zero-order valence-corrected chi connectivity index (χ0v) is 24.4. The number of sulfonamides is 1. The van der Waals surface area contributed by atoms with Crippen LogP contribution < -0.4 is 4.74 Å². The van der Waals surface area contributed by atoms with E-state index < -0.39 is 19.8 Å². The number of alkyl halides is 1. The third-order valence-corrected chi connectivity index (χ3v) is 9.27. The Hall–Kier alpha value is -3.13. The summed E-state index contributed by atoms with van der Waals surface area (Å²) < 4.78 is 33.9. The van der Waals surface area contributed by atoms with Gasteiger partial charge < -0.3 is 14.4 Å². The van der Waals surface area contributed by atoms with E-state index in [0.29, 0.717) is 16.9 Å². The van der Waals surface area contributed by atoms with Crippen LogP contribution in [0, 0.1) is 10.1 Å². The summed E-state index contributed by atoms with van der Waals surface area (Å²) in [6, 6.07) is 17.3. The summed E-state index contributed by atoms with van der Waals surface area (Å²) in [6.07, 6.45) is 0.776. The van der Waals surface area contributed by atoms with Gasteiger partial charge in [-0.25, -0.2) is 8.42 Å². The highest BCUT2D eigenvalue weighted by atomic mass is 79.9. The molecule has 0 bridgehead atoms. The third kappa shape index (κ3) is 6.72. The van der Waals surface area contributed by atoms with Crippen molar-refractivity contribution in [2.75, 3.05) is 26.2 Å². The van der Waals surface area contributed by atoms with Crippen molar-refractivity contribution < 1.29 is 27.7 Å². The molecule has 1 amide bonds. The van der Waals surface area contributed by atoms with E-state index in [0.717, 1.165) is 22.4 Å². The molecule has 3 aromatic rings. The highest BCUT2D eigenvalue weighted by Gasteiger charge is 2.31. The largest absolute Gasteiger partial charge is 0.489 e. The van der Waals surface area contributed by atoms with E-state index in [1.54, 1.807) is 41.3 Å². The van der Waals surface area contributed by atoms with Gasteiger partial charge in [-0.05, 0) is 42.0 Å². The molecule has 0 spiro atoms. The van der Waals surface area contributed by atoms with Gasteiger partial charge in [-0.3, -0.25) is 14.9 Å². The Morgan fingerprint density at radius 3 is 2.38 bits per heavy atom. The first-order valence-corrected chi connectivity index (χ1v) is 14.9. The number of non-ortho nitro benzene ring substituents is 1. The first-order chi connectivity index (χ1) is 18.6. The molecule has 0 radical (unpaired) electrons. The van der Waals surface area contributed by atoms with Crippen LogP contribution in [0.2, 0.25) is 0 Å². The number of nitro benzene ring substituents is 1. The molecule has 1 heterocycles. The molecule has 39 heavy (non-hydrogen) atoms. The number of ether oxygens (including phenoxy) is 1. The average molecular weight is 681 g/mol. The van der Waals surface area contributed by atoms with Crippen LogP contribution in [0.3, 0.4) is 0 Å². The van der Waals surface area contributed by atoms with E-state index in [4.69, 9.17) is 4.74 Å². The number of aldehydes is 1. The lowest BCUT2D eigenvalue weighted by Gasteiger charge is -2.34. The van der Waals surface area contributed by atoms with Crippen LogP contribution in [0.15, 0.2) is 76.1 Å². The van der Waals surface area contributed by atoms with Crippen molar-refractivity contribution in [1.29, 1.82) is 0 Å². The second-order valence-electron chi connectivity index (χ2n) is 8.66. The van der Waals surface area contributed by atoms with E-state index in [1.807, 2.05) is 6.07 Å². The number of benzene rings is 3. The quantitative estimate of drug-likeness (QED) is 0.139. The molecule has 1 unspecified atom stereocenters. The fraction of sp³-hybridized carbons (Fsp3) is 0.231. The van der Waals surface area contributed by atoms with Crippen LogP contribution in [-0.4, -0.2) is 60.9 Å². The summed E-state index contributed by atoms with van der Waals surface area (Å²) in [5, 5.41) is 11.0. The van der Waals surface area contributed by atoms with Gasteiger partial charge in [0.25, 0.3) is 11.6 Å². The van der Waals surface area contributed by atoms with Crippen LogP contribution in [0.1, 0.15) is 26.3 Å². The summed E-state index contributed by atoms with van der Waals surface area (Å²) in [4.78, 5) is 35.6. The molecular formula is C26H23Br2N3O7S. The molecule has 1 atom stereocenters. The Kier molecular flexibility index (Phi) is 9.15. The lowest BCUT2D eigenvalue weighted by molar-refractivity contribution is -0.385. The summed E-state index contributed by atoms with van der Waals surface area (Å²) in [7, 11) is -3.93. The number of hydrogen-bond acceptors (Lipinski definition) is 7. The molecular weight excluding hydrogens is 658 g/mol. The van der Waals surface area contributed by atoms with E-state index in [2.05, 4.69) is 31.9 Å². The summed E-state index contributed by atoms with van der Waals surface area (Å²) in [5.41, 5.74) is 1.67. The Bertz CT molecular complexity index is 1490. The number of nitro groups is 1. The van der Waals surface area contributed by atoms with E-state index in [-0.39, 0.29) is 49.3 Å². The maximum atomic E-state index is 13.0. The molecule has 13 heteroatoms. The van der Waals surface area contributed by atoms with Gasteiger partial charge in [-0.2, -0.15) is 4.31 Å². The zero-order chi connectivity index (χ0) is 28.2. The Morgan fingerprint density at radius 1 is 1.05 bits per heavy atom. The number of carbonyl (C=O) groups is 2. The minimum atomic E-state index is -3.93. The van der Waals surface area contributed by atoms with Crippen LogP contribution in [0.25, 0.3) is 0 Å². The van der Waals surface area contributed by atoms with E-state index in [9.17, 15) is 28.1 Å². The van der Waals surface area contributed by atoms with Crippen molar-refractivity contribution in [1.82, 2.24) is 9.21 Å². The predicted octanol–water partition coefficient (Wildman–Crippen LogP) is 4.72. The Labute approximate surface area is 242 Å². The van der Waals surface area contributed by atoms with Crippen LogP contribution in [-0.2, 0) is 21.4 Å². The first kappa shape index (κ1) is 28.9. The van der Waals surface area contributed by atoms with Gasteiger partial charge >= 0.3 is 0 Å². The lowest BCUT2D eigenvalue weighted by Crippen LogP contribution is -2.50. The van der Waals surface area contributed by atoms with Gasteiger partial charge in [0, 0.05) is 53.9 Å². The number of nitrogens with zero attached hydrogens (tertiary/aromatic N) is 3. The number of hydrogen-bond donors (Lipinski definition) is 0. The standard InChI is InChI=1S/C26H23Br2N3O7S/c27-20-8-9-25(23(14-20)24(28)16-32)38-17-18-4-6-19(7-5-18)26(33)29-10-12-30(13-11-29)39(36,37)22-3-1-2-21(15-22)31(34)35/h1-9,14-16,24H,10-13,17H2. The molecule has 4 rings (SSSR count). The monoisotopic (exact) mass is 679 g/mol. The number of halogens is 2. The van der Waals surface area contributed by atoms with Crippen molar-refractivity contribution in [2.24, 2.45) is 0 Å². The lowest BCUT2D eigenvalue weighted by atomic mass is 10.1. The first-order valence-electron chi connectivity index (χ1n) is 11.7. The molecule has 10 nitrogen and oxygen atoms in total. The molecule has 0 aliphatic carbocycles. The molecule has 204 valence electrons. The molecule has 1 fully saturated rings. The third-order valence-electron chi connectivity index (χ3n) is 6.18. The number of rotatable bonds is 9. The number of piperazine rings is 1. The molecule has 1 saturated heterocycles. The molecule has 1 aliphatic heterocycles. The SMILES string of the molecule is O=CC(Br)c1cc(Br)ccc1OCc1ccc(C(=O)N2CCN(S(=O)(=O)c3cccc([N+](=O)[O-])c3)CC2)cc1. The van der Waals surface area contributed by atoms with Crippen LogP contribution in [0.5, 0.6) is 5.75 Å². The van der Waals surface area contributed by atoms with Crippen molar-refractivity contribution in [2.45, 2.75) is 16.3 Å². The van der Waals surface area contributed by atoms with Crippen molar-refractivity contribution in [3.05, 3.63) is 98.0 Å². The van der Waals surface area contributed by atoms with Crippen molar-refractivity contribution in [3.63, 3.8) is 0 Å². The van der Waals surface area contributed by atoms with Gasteiger partial charge in [0.1, 0.15) is 18.6 Å². The fourth-order valence-electron chi connectivity index (χ4n) is 4.06. The fourth-order valence-corrected chi connectivity index (χ4v) is 6.26. The van der Waals surface area contributed by atoms with Gasteiger partial charge in [-0.1, -0.05) is 50.1 Å². The van der Waals surface area contributed by atoms with Gasteiger partial charge in [0.15, 0.2) is 0 Å². The smallest absolute Gasteiger partial charge is 0.270 e. The van der Waals surface area contributed by atoms with Crippen LogP contribution in [0.4, 0.5) is 5.69 Å². The number of amides is 1. The highest BCUT2D eigenvalue weighted by Crippen LogP contribution is 2.33. The maximum absolute atomic E-state index is 13.0. The second-order valence-corrected chi connectivity index (χ2v) is 12.5. The molecule has 3 aromatic carbocycles. The highest BCUT2D eigenvalue weighted by molar-refractivity contribution is 9.10. The number of carbonyl (C=O) groups excluding carboxylic acids is 2. The normalized spacial score (nSPS) is 15.0. The molecule has 0 N–H and O–H groups in total.